The van der Waals surface area contributed by atoms with Crippen LogP contribution in [0.2, 0.25) is 0 Å². The number of H-pyrrole nitrogens is 1. The molecule has 19 heavy (non-hydrogen) atoms. The molecule has 0 saturated carbocycles. The van der Waals surface area contributed by atoms with Crippen LogP contribution in [-0.2, 0) is 13.0 Å². The van der Waals surface area contributed by atoms with Crippen LogP contribution in [-0.4, -0.2) is 34.2 Å². The van der Waals surface area contributed by atoms with Crippen molar-refractivity contribution in [2.24, 2.45) is 5.92 Å². The Bertz CT molecular complexity index is 575. The van der Waals surface area contributed by atoms with E-state index in [4.69, 9.17) is 0 Å². The third-order valence-corrected chi connectivity index (χ3v) is 4.24. The van der Waals surface area contributed by atoms with Crippen molar-refractivity contribution in [2.75, 3.05) is 13.2 Å². The summed E-state index contributed by atoms with van der Waals surface area (Å²) < 4.78 is 0. The summed E-state index contributed by atoms with van der Waals surface area (Å²) in [5.41, 5.74) is 4.08. The molecule has 102 valence electrons. The van der Waals surface area contributed by atoms with Crippen molar-refractivity contribution in [1.82, 2.24) is 9.88 Å². The monoisotopic (exact) mass is 258 g/mol. The second kappa shape index (κ2) is 4.99. The van der Waals surface area contributed by atoms with E-state index >= 15 is 0 Å². The molecule has 3 heteroatoms. The van der Waals surface area contributed by atoms with Gasteiger partial charge in [-0.3, -0.25) is 4.90 Å². The van der Waals surface area contributed by atoms with Crippen molar-refractivity contribution in [3.8, 4) is 0 Å². The standard InChI is InChI=1S/C16H22N2O/c1-11(10-19)8-18-9-16-14(7-12(18)2)13-5-3-4-6-15(13)17-16/h3-6,11-12,17,19H,7-10H2,1-2H3. The summed E-state index contributed by atoms with van der Waals surface area (Å²) >= 11 is 0. The molecule has 1 aromatic heterocycles. The van der Waals surface area contributed by atoms with Gasteiger partial charge in [0, 0.05) is 42.3 Å². The Labute approximate surface area is 114 Å². The highest BCUT2D eigenvalue weighted by molar-refractivity contribution is 5.84. The molecular formula is C16H22N2O. The summed E-state index contributed by atoms with van der Waals surface area (Å²) in [5.74, 6) is 0.341. The van der Waals surface area contributed by atoms with E-state index in [1.54, 1.807) is 0 Å². The fourth-order valence-electron chi connectivity index (χ4n) is 3.11. The maximum atomic E-state index is 9.23. The average Bonchev–Trinajstić information content (AvgIpc) is 2.77. The number of benzene rings is 1. The second-order valence-corrected chi connectivity index (χ2v) is 5.90. The zero-order chi connectivity index (χ0) is 13.4. The van der Waals surface area contributed by atoms with Gasteiger partial charge in [-0.25, -0.2) is 0 Å². The molecule has 0 fully saturated rings. The number of rotatable bonds is 3. The molecule has 0 amide bonds. The fourth-order valence-corrected chi connectivity index (χ4v) is 3.11. The summed E-state index contributed by atoms with van der Waals surface area (Å²) in [4.78, 5) is 6.02. The van der Waals surface area contributed by atoms with Crippen LogP contribution in [0.4, 0.5) is 0 Å². The molecule has 0 aliphatic carbocycles. The Kier molecular flexibility index (Phi) is 3.33. The SMILES string of the molecule is CC(CO)CN1Cc2[nH]c3ccccc3c2CC1C. The van der Waals surface area contributed by atoms with E-state index in [1.807, 2.05) is 0 Å². The minimum Gasteiger partial charge on any atom is -0.396 e. The minimum absolute atomic E-state index is 0.267. The van der Waals surface area contributed by atoms with E-state index in [1.165, 1.54) is 22.2 Å². The summed E-state index contributed by atoms with van der Waals surface area (Å²) in [6.45, 7) is 6.59. The summed E-state index contributed by atoms with van der Waals surface area (Å²) in [7, 11) is 0. The number of aliphatic hydroxyl groups excluding tert-OH is 1. The molecule has 2 N–H and O–H groups in total. The summed E-state index contributed by atoms with van der Waals surface area (Å²) in [6, 6.07) is 9.10. The van der Waals surface area contributed by atoms with Gasteiger partial charge in [-0.05, 0) is 30.9 Å². The topological polar surface area (TPSA) is 39.3 Å². The zero-order valence-corrected chi connectivity index (χ0v) is 11.7. The molecule has 1 aliphatic rings. The van der Waals surface area contributed by atoms with Crippen LogP contribution in [0.1, 0.15) is 25.1 Å². The lowest BCUT2D eigenvalue weighted by Gasteiger charge is -2.35. The van der Waals surface area contributed by atoms with Crippen molar-refractivity contribution in [1.29, 1.82) is 0 Å². The van der Waals surface area contributed by atoms with Crippen LogP contribution < -0.4 is 0 Å². The van der Waals surface area contributed by atoms with Gasteiger partial charge in [0.2, 0.25) is 0 Å². The minimum atomic E-state index is 0.267. The molecule has 0 bridgehead atoms. The highest BCUT2D eigenvalue weighted by Gasteiger charge is 2.26. The quantitative estimate of drug-likeness (QED) is 0.888. The van der Waals surface area contributed by atoms with Gasteiger partial charge in [0.05, 0.1) is 0 Å². The molecule has 3 rings (SSSR count). The molecule has 1 aromatic carbocycles. The second-order valence-electron chi connectivity index (χ2n) is 5.90. The van der Waals surface area contributed by atoms with Crippen molar-refractivity contribution in [3.63, 3.8) is 0 Å². The van der Waals surface area contributed by atoms with E-state index in [9.17, 15) is 5.11 Å². The van der Waals surface area contributed by atoms with E-state index in [0.29, 0.717) is 12.0 Å². The van der Waals surface area contributed by atoms with Gasteiger partial charge in [0.25, 0.3) is 0 Å². The Morgan fingerprint density at radius 1 is 1.42 bits per heavy atom. The number of hydrogen-bond acceptors (Lipinski definition) is 2. The van der Waals surface area contributed by atoms with Gasteiger partial charge in [0.15, 0.2) is 0 Å². The highest BCUT2D eigenvalue weighted by Crippen LogP contribution is 2.30. The number of para-hydroxylation sites is 1. The Morgan fingerprint density at radius 2 is 2.21 bits per heavy atom. The maximum Gasteiger partial charge on any atom is 0.0468 e. The summed E-state index contributed by atoms with van der Waals surface area (Å²) in [5, 5.41) is 10.6. The molecular weight excluding hydrogens is 236 g/mol. The van der Waals surface area contributed by atoms with Crippen molar-refractivity contribution in [2.45, 2.75) is 32.9 Å². The first-order valence-corrected chi connectivity index (χ1v) is 7.12. The molecule has 0 spiro atoms. The predicted molar refractivity (Wildman–Crippen MR) is 78.1 cm³/mol. The van der Waals surface area contributed by atoms with E-state index in [2.05, 4.69) is 48.0 Å². The van der Waals surface area contributed by atoms with E-state index in [0.717, 1.165) is 19.5 Å². The van der Waals surface area contributed by atoms with Crippen molar-refractivity contribution < 1.29 is 5.11 Å². The van der Waals surface area contributed by atoms with Gasteiger partial charge in [-0.1, -0.05) is 25.1 Å². The van der Waals surface area contributed by atoms with Crippen molar-refractivity contribution >= 4 is 10.9 Å². The van der Waals surface area contributed by atoms with Gasteiger partial charge in [-0.15, -0.1) is 0 Å². The van der Waals surface area contributed by atoms with Crippen LogP contribution >= 0.6 is 0 Å². The first-order valence-electron chi connectivity index (χ1n) is 7.12. The van der Waals surface area contributed by atoms with Gasteiger partial charge in [0.1, 0.15) is 0 Å². The van der Waals surface area contributed by atoms with Crippen LogP contribution in [0.15, 0.2) is 24.3 Å². The molecule has 0 saturated heterocycles. The molecule has 3 nitrogen and oxygen atoms in total. The van der Waals surface area contributed by atoms with Crippen molar-refractivity contribution in [3.05, 3.63) is 35.5 Å². The fraction of sp³-hybridized carbons (Fsp3) is 0.500. The molecule has 1 aliphatic heterocycles. The van der Waals surface area contributed by atoms with E-state index in [-0.39, 0.29) is 6.61 Å². The lowest BCUT2D eigenvalue weighted by atomic mass is 9.96. The number of nitrogens with one attached hydrogen (secondary N) is 1. The van der Waals surface area contributed by atoms with Gasteiger partial charge in [-0.2, -0.15) is 0 Å². The number of aromatic nitrogens is 1. The Balaban J connectivity index is 1.90. The van der Waals surface area contributed by atoms with Gasteiger partial charge >= 0.3 is 0 Å². The number of aromatic amines is 1. The largest absolute Gasteiger partial charge is 0.396 e. The average molecular weight is 258 g/mol. The van der Waals surface area contributed by atoms with Crippen LogP contribution in [0.5, 0.6) is 0 Å². The third kappa shape index (κ3) is 2.28. The molecule has 0 radical (unpaired) electrons. The number of hydrogen-bond donors (Lipinski definition) is 2. The Morgan fingerprint density at radius 3 is 3.00 bits per heavy atom. The zero-order valence-electron chi connectivity index (χ0n) is 11.7. The lowest BCUT2D eigenvalue weighted by Crippen LogP contribution is -2.41. The highest BCUT2D eigenvalue weighted by atomic mass is 16.3. The third-order valence-electron chi connectivity index (χ3n) is 4.24. The first kappa shape index (κ1) is 12.7. The summed E-state index contributed by atoms with van der Waals surface area (Å²) in [6.07, 6.45) is 1.09. The predicted octanol–water partition coefficient (Wildman–Crippen LogP) is 2.54. The molecule has 2 heterocycles. The van der Waals surface area contributed by atoms with Crippen LogP contribution in [0, 0.1) is 5.92 Å². The number of nitrogens with zero attached hydrogens (tertiary/aromatic N) is 1. The maximum absolute atomic E-state index is 9.23. The van der Waals surface area contributed by atoms with Gasteiger partial charge < -0.3 is 10.1 Å². The molecule has 2 atom stereocenters. The first-order chi connectivity index (χ1) is 9.19. The molecule has 2 unspecified atom stereocenters. The van der Waals surface area contributed by atoms with Crippen LogP contribution in [0.3, 0.4) is 0 Å². The smallest absolute Gasteiger partial charge is 0.0468 e. The molecule has 2 aromatic rings. The van der Waals surface area contributed by atoms with Crippen LogP contribution in [0.25, 0.3) is 10.9 Å². The number of aliphatic hydroxyl groups is 1. The normalized spacial score (nSPS) is 21.5. The van der Waals surface area contributed by atoms with E-state index < -0.39 is 0 Å². The Hall–Kier alpha value is -1.32. The number of fused-ring (bicyclic) bond motifs is 3. The lowest BCUT2D eigenvalue weighted by molar-refractivity contribution is 0.127.